The SMILES string of the molecule is CCCN1CCC(CNC(=NC)NCc2ccccc2OC(C)(C)C)CC1.I. The van der Waals surface area contributed by atoms with Crippen LogP contribution in [0, 0.1) is 5.92 Å². The van der Waals surface area contributed by atoms with Crippen molar-refractivity contribution in [3.05, 3.63) is 29.8 Å². The van der Waals surface area contributed by atoms with Crippen LogP contribution >= 0.6 is 24.0 Å². The summed E-state index contributed by atoms with van der Waals surface area (Å²) in [6.45, 7) is 13.8. The third-order valence-electron chi connectivity index (χ3n) is 4.86. The fraction of sp³-hybridized carbons (Fsp3) is 0.682. The van der Waals surface area contributed by atoms with E-state index in [4.69, 9.17) is 4.74 Å². The summed E-state index contributed by atoms with van der Waals surface area (Å²) in [6, 6.07) is 8.20. The number of nitrogens with zero attached hydrogens (tertiary/aromatic N) is 2. The van der Waals surface area contributed by atoms with E-state index >= 15 is 0 Å². The molecule has 160 valence electrons. The highest BCUT2D eigenvalue weighted by molar-refractivity contribution is 14.0. The van der Waals surface area contributed by atoms with Crippen molar-refractivity contribution in [3.8, 4) is 5.75 Å². The molecule has 1 heterocycles. The van der Waals surface area contributed by atoms with Crippen molar-refractivity contribution in [2.75, 3.05) is 33.2 Å². The molecule has 1 aromatic rings. The Kier molecular flexibility index (Phi) is 11.2. The van der Waals surface area contributed by atoms with Gasteiger partial charge in [-0.2, -0.15) is 0 Å². The minimum absolute atomic E-state index is 0. The largest absolute Gasteiger partial charge is 0.488 e. The number of hydrogen-bond donors (Lipinski definition) is 2. The summed E-state index contributed by atoms with van der Waals surface area (Å²) in [5.74, 6) is 2.51. The summed E-state index contributed by atoms with van der Waals surface area (Å²) in [5.41, 5.74) is 0.936. The Morgan fingerprint density at radius 2 is 1.86 bits per heavy atom. The Morgan fingerprint density at radius 1 is 1.18 bits per heavy atom. The first-order valence-corrected chi connectivity index (χ1v) is 10.3. The summed E-state index contributed by atoms with van der Waals surface area (Å²) >= 11 is 0. The van der Waals surface area contributed by atoms with E-state index in [0.29, 0.717) is 6.54 Å². The third kappa shape index (κ3) is 8.99. The number of nitrogens with one attached hydrogen (secondary N) is 2. The fourth-order valence-electron chi connectivity index (χ4n) is 3.45. The highest BCUT2D eigenvalue weighted by Gasteiger charge is 2.19. The predicted octanol–water partition coefficient (Wildman–Crippen LogP) is 4.27. The monoisotopic (exact) mass is 502 g/mol. The zero-order valence-corrected chi connectivity index (χ0v) is 20.6. The van der Waals surface area contributed by atoms with Crippen molar-refractivity contribution in [3.63, 3.8) is 0 Å². The van der Waals surface area contributed by atoms with E-state index in [9.17, 15) is 0 Å². The van der Waals surface area contributed by atoms with Crippen molar-refractivity contribution < 1.29 is 4.74 Å². The van der Waals surface area contributed by atoms with Crippen LogP contribution < -0.4 is 15.4 Å². The zero-order valence-electron chi connectivity index (χ0n) is 18.3. The Balaban J connectivity index is 0.00000392. The molecule has 0 bridgehead atoms. The molecule has 0 radical (unpaired) electrons. The van der Waals surface area contributed by atoms with Gasteiger partial charge in [-0.15, -0.1) is 24.0 Å². The fourth-order valence-corrected chi connectivity index (χ4v) is 3.45. The van der Waals surface area contributed by atoms with Crippen molar-refractivity contribution in [1.29, 1.82) is 0 Å². The maximum atomic E-state index is 6.08. The molecular formula is C22H39IN4O. The number of aliphatic imine (C=N–C) groups is 1. The summed E-state index contributed by atoms with van der Waals surface area (Å²) < 4.78 is 6.08. The van der Waals surface area contributed by atoms with Gasteiger partial charge in [-0.25, -0.2) is 0 Å². The molecule has 1 saturated heterocycles. The maximum Gasteiger partial charge on any atom is 0.191 e. The lowest BCUT2D eigenvalue weighted by atomic mass is 9.97. The normalized spacial score (nSPS) is 16.4. The lowest BCUT2D eigenvalue weighted by molar-refractivity contribution is 0.129. The Morgan fingerprint density at radius 3 is 2.46 bits per heavy atom. The molecule has 6 heteroatoms. The van der Waals surface area contributed by atoms with Crippen LogP contribution in [0.3, 0.4) is 0 Å². The van der Waals surface area contributed by atoms with Gasteiger partial charge in [0.15, 0.2) is 5.96 Å². The predicted molar refractivity (Wildman–Crippen MR) is 130 cm³/mol. The van der Waals surface area contributed by atoms with Gasteiger partial charge in [-0.05, 0) is 71.7 Å². The first kappa shape index (κ1) is 25.0. The molecule has 5 nitrogen and oxygen atoms in total. The molecule has 28 heavy (non-hydrogen) atoms. The number of guanidine groups is 1. The van der Waals surface area contributed by atoms with E-state index < -0.39 is 0 Å². The second-order valence-electron chi connectivity index (χ2n) is 8.41. The van der Waals surface area contributed by atoms with Crippen LogP contribution in [0.15, 0.2) is 29.3 Å². The molecule has 0 aromatic heterocycles. The molecule has 2 rings (SSSR count). The van der Waals surface area contributed by atoms with E-state index in [1.807, 2.05) is 25.2 Å². The third-order valence-corrected chi connectivity index (χ3v) is 4.86. The van der Waals surface area contributed by atoms with Gasteiger partial charge in [0.1, 0.15) is 11.4 Å². The first-order valence-electron chi connectivity index (χ1n) is 10.3. The molecule has 0 amide bonds. The smallest absolute Gasteiger partial charge is 0.191 e. The average Bonchev–Trinajstić information content (AvgIpc) is 2.63. The van der Waals surface area contributed by atoms with Crippen LogP contribution in [0.25, 0.3) is 0 Å². The van der Waals surface area contributed by atoms with Gasteiger partial charge >= 0.3 is 0 Å². The second-order valence-corrected chi connectivity index (χ2v) is 8.41. The number of halogens is 1. The van der Waals surface area contributed by atoms with Gasteiger partial charge in [0.05, 0.1) is 0 Å². The number of ether oxygens (including phenoxy) is 1. The highest BCUT2D eigenvalue weighted by atomic mass is 127. The number of benzene rings is 1. The molecule has 0 unspecified atom stereocenters. The van der Waals surface area contributed by atoms with E-state index in [-0.39, 0.29) is 29.6 Å². The Bertz CT molecular complexity index is 592. The maximum absolute atomic E-state index is 6.08. The summed E-state index contributed by atoms with van der Waals surface area (Å²) in [7, 11) is 1.83. The van der Waals surface area contributed by atoms with E-state index in [2.05, 4.69) is 54.3 Å². The second kappa shape index (κ2) is 12.5. The first-order chi connectivity index (χ1) is 12.9. The van der Waals surface area contributed by atoms with Crippen LogP contribution in [0.4, 0.5) is 0 Å². The number of para-hydroxylation sites is 1. The van der Waals surface area contributed by atoms with Crippen LogP contribution in [0.5, 0.6) is 5.75 Å². The van der Waals surface area contributed by atoms with Crippen molar-refractivity contribution >= 4 is 29.9 Å². The van der Waals surface area contributed by atoms with Gasteiger partial charge in [-0.1, -0.05) is 25.1 Å². The average molecular weight is 502 g/mol. The molecule has 0 spiro atoms. The van der Waals surface area contributed by atoms with Crippen molar-refractivity contribution in [2.24, 2.45) is 10.9 Å². The molecule has 1 aliphatic heterocycles. The number of piperidine rings is 1. The minimum atomic E-state index is -0.206. The van der Waals surface area contributed by atoms with Crippen LogP contribution in [-0.2, 0) is 6.54 Å². The van der Waals surface area contributed by atoms with Gasteiger partial charge in [0, 0.05) is 25.7 Å². The molecule has 0 aliphatic carbocycles. The molecular weight excluding hydrogens is 463 g/mol. The zero-order chi connectivity index (χ0) is 19.7. The van der Waals surface area contributed by atoms with Crippen LogP contribution in [-0.4, -0.2) is 49.7 Å². The molecule has 0 saturated carbocycles. The van der Waals surface area contributed by atoms with E-state index in [1.54, 1.807) is 0 Å². The number of hydrogen-bond acceptors (Lipinski definition) is 3. The quantitative estimate of drug-likeness (QED) is 0.332. The molecule has 1 fully saturated rings. The minimum Gasteiger partial charge on any atom is -0.488 e. The summed E-state index contributed by atoms with van der Waals surface area (Å²) in [6.07, 6.45) is 3.79. The van der Waals surface area contributed by atoms with Gasteiger partial charge < -0.3 is 20.3 Å². The highest BCUT2D eigenvalue weighted by Crippen LogP contribution is 2.22. The summed E-state index contributed by atoms with van der Waals surface area (Å²) in [4.78, 5) is 6.96. The molecule has 2 N–H and O–H groups in total. The van der Waals surface area contributed by atoms with Crippen LogP contribution in [0.2, 0.25) is 0 Å². The Labute approximate surface area is 188 Å². The topological polar surface area (TPSA) is 48.9 Å². The Hall–Kier alpha value is -1.02. The van der Waals surface area contributed by atoms with Crippen molar-refractivity contribution in [1.82, 2.24) is 15.5 Å². The van der Waals surface area contributed by atoms with Crippen LogP contribution in [0.1, 0.15) is 52.5 Å². The van der Waals surface area contributed by atoms with Crippen molar-refractivity contribution in [2.45, 2.75) is 59.1 Å². The number of likely N-dealkylation sites (tertiary alicyclic amines) is 1. The van der Waals surface area contributed by atoms with E-state index in [0.717, 1.165) is 29.7 Å². The summed E-state index contributed by atoms with van der Waals surface area (Å²) in [5, 5.41) is 6.93. The number of rotatable bonds is 7. The van der Waals surface area contributed by atoms with E-state index in [1.165, 1.54) is 38.9 Å². The van der Waals surface area contributed by atoms with Gasteiger partial charge in [0.25, 0.3) is 0 Å². The molecule has 0 atom stereocenters. The van der Waals surface area contributed by atoms with Gasteiger partial charge in [-0.3, -0.25) is 4.99 Å². The molecule has 1 aromatic carbocycles. The van der Waals surface area contributed by atoms with Gasteiger partial charge in [0.2, 0.25) is 0 Å². The lowest BCUT2D eigenvalue weighted by Crippen LogP contribution is -2.42. The molecule has 1 aliphatic rings. The lowest BCUT2D eigenvalue weighted by Gasteiger charge is -2.32. The standard InChI is InChI=1S/C22H38N4O.HI/c1-6-13-26-14-11-18(12-15-26)16-24-21(23-5)25-17-19-9-7-8-10-20(19)27-22(2,3)4;/h7-10,18H,6,11-17H2,1-5H3,(H2,23,24,25);1H.